The lowest BCUT2D eigenvalue weighted by Gasteiger charge is -1.94. The fourth-order valence-electron chi connectivity index (χ4n) is 1.30. The molecule has 15 heavy (non-hydrogen) atoms. The summed E-state index contributed by atoms with van der Waals surface area (Å²) in [6, 6.07) is 9.76. The van der Waals surface area contributed by atoms with Gasteiger partial charge >= 0.3 is 0 Å². The van der Waals surface area contributed by atoms with Crippen molar-refractivity contribution in [3.63, 3.8) is 0 Å². The summed E-state index contributed by atoms with van der Waals surface area (Å²) in [6.07, 6.45) is 1.73. The van der Waals surface area contributed by atoms with Gasteiger partial charge in [0.1, 0.15) is 12.4 Å². The third-order valence-corrected chi connectivity index (χ3v) is 1.98. The van der Waals surface area contributed by atoms with Crippen molar-refractivity contribution in [3.05, 3.63) is 42.2 Å². The molecule has 1 aromatic carbocycles. The van der Waals surface area contributed by atoms with E-state index in [2.05, 4.69) is 14.7 Å². The van der Waals surface area contributed by atoms with E-state index in [-0.39, 0.29) is 6.61 Å². The lowest BCUT2D eigenvalue weighted by Crippen LogP contribution is -1.89. The summed E-state index contributed by atoms with van der Waals surface area (Å²) < 4.78 is 4.61. The van der Waals surface area contributed by atoms with Crippen molar-refractivity contribution >= 4 is 6.47 Å². The maximum Gasteiger partial charge on any atom is 0.293 e. The predicted molar refractivity (Wildman–Crippen MR) is 54.9 cm³/mol. The van der Waals surface area contributed by atoms with Gasteiger partial charge in [-0.25, -0.2) is 4.98 Å². The fourth-order valence-corrected chi connectivity index (χ4v) is 1.30. The lowest BCUT2D eigenvalue weighted by atomic mass is 10.2. The second-order valence-corrected chi connectivity index (χ2v) is 3.01. The Balaban J connectivity index is 2.17. The summed E-state index contributed by atoms with van der Waals surface area (Å²) in [4.78, 5) is 17.3. The number of ether oxygens (including phenoxy) is 1. The number of aromatic amines is 1. The van der Waals surface area contributed by atoms with Gasteiger partial charge in [-0.3, -0.25) is 4.79 Å². The van der Waals surface area contributed by atoms with Gasteiger partial charge in [0.05, 0.1) is 5.69 Å². The van der Waals surface area contributed by atoms with Crippen LogP contribution in [0, 0.1) is 0 Å². The number of carbonyl (C=O) groups excluding carboxylic acids is 1. The van der Waals surface area contributed by atoms with Crippen molar-refractivity contribution < 1.29 is 9.53 Å². The third kappa shape index (κ3) is 2.22. The van der Waals surface area contributed by atoms with Crippen LogP contribution in [0.25, 0.3) is 11.4 Å². The second-order valence-electron chi connectivity index (χ2n) is 3.01. The number of hydrogen-bond donors (Lipinski definition) is 1. The van der Waals surface area contributed by atoms with Crippen molar-refractivity contribution in [1.29, 1.82) is 0 Å². The zero-order valence-electron chi connectivity index (χ0n) is 8.01. The summed E-state index contributed by atoms with van der Waals surface area (Å²) in [5, 5.41) is 0. The Morgan fingerprint density at radius 3 is 2.87 bits per heavy atom. The molecular weight excluding hydrogens is 192 g/mol. The Morgan fingerprint density at radius 1 is 1.33 bits per heavy atom. The average molecular weight is 202 g/mol. The number of carbonyl (C=O) groups is 1. The molecule has 0 bridgehead atoms. The van der Waals surface area contributed by atoms with E-state index in [1.54, 1.807) is 6.20 Å². The Morgan fingerprint density at radius 2 is 2.13 bits per heavy atom. The number of nitrogens with one attached hydrogen (secondary N) is 1. The first-order valence-electron chi connectivity index (χ1n) is 4.55. The van der Waals surface area contributed by atoms with Crippen LogP contribution in [0.5, 0.6) is 0 Å². The summed E-state index contributed by atoms with van der Waals surface area (Å²) >= 11 is 0. The largest absolute Gasteiger partial charge is 0.461 e. The van der Waals surface area contributed by atoms with Crippen LogP contribution in [0.4, 0.5) is 0 Å². The maximum absolute atomic E-state index is 9.99. The van der Waals surface area contributed by atoms with Crippen LogP contribution >= 0.6 is 0 Å². The van der Waals surface area contributed by atoms with Gasteiger partial charge in [-0.2, -0.15) is 0 Å². The molecule has 1 aromatic heterocycles. The molecule has 2 rings (SSSR count). The Labute approximate surface area is 86.9 Å². The molecule has 0 atom stereocenters. The monoisotopic (exact) mass is 202 g/mol. The van der Waals surface area contributed by atoms with Gasteiger partial charge in [0.25, 0.3) is 6.47 Å². The molecule has 2 aromatic rings. The fraction of sp³-hybridized carbons (Fsp3) is 0.0909. The van der Waals surface area contributed by atoms with Crippen LogP contribution in [-0.4, -0.2) is 16.4 Å². The first kappa shape index (κ1) is 9.45. The van der Waals surface area contributed by atoms with Crippen molar-refractivity contribution in [3.8, 4) is 11.4 Å². The van der Waals surface area contributed by atoms with Crippen molar-refractivity contribution in [2.45, 2.75) is 6.61 Å². The summed E-state index contributed by atoms with van der Waals surface area (Å²) in [7, 11) is 0. The molecule has 1 N–H and O–H groups in total. The number of imidazole rings is 1. The quantitative estimate of drug-likeness (QED) is 0.768. The molecular formula is C11H10N2O2. The van der Waals surface area contributed by atoms with E-state index in [0.717, 1.165) is 11.4 Å². The van der Waals surface area contributed by atoms with Crippen molar-refractivity contribution in [2.24, 2.45) is 0 Å². The normalized spacial score (nSPS) is 9.87. The first-order valence-corrected chi connectivity index (χ1v) is 4.55. The highest BCUT2D eigenvalue weighted by Gasteiger charge is 2.02. The standard InChI is InChI=1S/C11H10N2O2/c14-8-15-7-10-6-12-11(13-10)9-4-2-1-3-5-9/h1-6,8H,7H2,(H,12,13). The number of benzene rings is 1. The number of H-pyrrole nitrogens is 1. The van der Waals surface area contributed by atoms with Crippen LogP contribution in [0.1, 0.15) is 5.69 Å². The van der Waals surface area contributed by atoms with Crippen molar-refractivity contribution in [2.75, 3.05) is 0 Å². The van der Waals surface area contributed by atoms with Gasteiger partial charge in [-0.05, 0) is 0 Å². The number of nitrogens with zero attached hydrogens (tertiary/aromatic N) is 1. The van der Waals surface area contributed by atoms with E-state index >= 15 is 0 Å². The van der Waals surface area contributed by atoms with E-state index in [4.69, 9.17) is 0 Å². The molecule has 0 aliphatic carbocycles. The minimum atomic E-state index is 0.201. The molecule has 0 saturated heterocycles. The molecule has 0 aliphatic rings. The van der Waals surface area contributed by atoms with Crippen LogP contribution < -0.4 is 0 Å². The average Bonchev–Trinajstić information content (AvgIpc) is 2.76. The molecule has 76 valence electrons. The molecule has 0 amide bonds. The Bertz CT molecular complexity index is 437. The van der Waals surface area contributed by atoms with E-state index < -0.39 is 0 Å². The molecule has 1 heterocycles. The highest BCUT2D eigenvalue weighted by Crippen LogP contribution is 2.14. The second kappa shape index (κ2) is 4.41. The number of rotatable bonds is 4. The zero-order valence-corrected chi connectivity index (χ0v) is 8.01. The number of aromatic nitrogens is 2. The van der Waals surface area contributed by atoms with Gasteiger partial charge in [0, 0.05) is 11.8 Å². The van der Waals surface area contributed by atoms with Crippen LogP contribution in [0.15, 0.2) is 36.5 Å². The van der Waals surface area contributed by atoms with E-state index in [9.17, 15) is 4.79 Å². The topological polar surface area (TPSA) is 55.0 Å². The molecule has 0 spiro atoms. The molecule has 0 aliphatic heterocycles. The predicted octanol–water partition coefficient (Wildman–Crippen LogP) is 1.75. The Kier molecular flexibility index (Phi) is 2.78. The van der Waals surface area contributed by atoms with Gasteiger partial charge in [-0.1, -0.05) is 30.3 Å². The van der Waals surface area contributed by atoms with Crippen LogP contribution in [0.3, 0.4) is 0 Å². The number of hydrogen-bond acceptors (Lipinski definition) is 3. The summed E-state index contributed by atoms with van der Waals surface area (Å²) in [5.74, 6) is 0.778. The van der Waals surface area contributed by atoms with Crippen molar-refractivity contribution in [1.82, 2.24) is 9.97 Å². The molecule has 0 fully saturated rings. The van der Waals surface area contributed by atoms with Gasteiger partial charge < -0.3 is 9.72 Å². The molecule has 4 heteroatoms. The minimum absolute atomic E-state index is 0.201. The molecule has 0 unspecified atom stereocenters. The molecule has 0 saturated carbocycles. The van der Waals surface area contributed by atoms with Gasteiger partial charge in [0.15, 0.2) is 0 Å². The Hall–Kier alpha value is -2.10. The summed E-state index contributed by atoms with van der Waals surface area (Å²) in [5.41, 5.74) is 1.72. The minimum Gasteiger partial charge on any atom is -0.461 e. The zero-order chi connectivity index (χ0) is 10.5. The SMILES string of the molecule is O=COCc1c[nH]c(-c2ccccc2)n1. The first-order chi connectivity index (χ1) is 7.40. The van der Waals surface area contributed by atoms with Crippen LogP contribution in [-0.2, 0) is 16.1 Å². The van der Waals surface area contributed by atoms with Crippen LogP contribution in [0.2, 0.25) is 0 Å². The summed E-state index contributed by atoms with van der Waals surface area (Å²) in [6.45, 7) is 0.615. The maximum atomic E-state index is 9.99. The van der Waals surface area contributed by atoms with E-state index in [1.807, 2.05) is 30.3 Å². The molecule has 0 radical (unpaired) electrons. The van der Waals surface area contributed by atoms with Gasteiger partial charge in [0.2, 0.25) is 0 Å². The van der Waals surface area contributed by atoms with Gasteiger partial charge in [-0.15, -0.1) is 0 Å². The highest BCUT2D eigenvalue weighted by molar-refractivity contribution is 5.54. The van der Waals surface area contributed by atoms with E-state index in [1.165, 1.54) is 0 Å². The highest BCUT2D eigenvalue weighted by atomic mass is 16.5. The lowest BCUT2D eigenvalue weighted by molar-refractivity contribution is -0.129. The van der Waals surface area contributed by atoms with E-state index in [0.29, 0.717) is 12.2 Å². The smallest absolute Gasteiger partial charge is 0.293 e. The third-order valence-electron chi connectivity index (χ3n) is 1.98. The molecule has 4 nitrogen and oxygen atoms in total.